The summed E-state index contributed by atoms with van der Waals surface area (Å²) in [7, 11) is 2.78. The van der Waals surface area contributed by atoms with Crippen LogP contribution in [0.4, 0.5) is 4.79 Å². The van der Waals surface area contributed by atoms with Crippen LogP contribution < -0.4 is 5.32 Å². The first-order valence-electron chi connectivity index (χ1n) is 5.46. The first kappa shape index (κ1) is 16.3. The minimum atomic E-state index is -0.866. The maximum atomic E-state index is 11.8. The van der Waals surface area contributed by atoms with Gasteiger partial charge in [-0.05, 0) is 20.8 Å². The summed E-state index contributed by atoms with van der Waals surface area (Å²) < 4.78 is 5.05. The van der Waals surface area contributed by atoms with Gasteiger partial charge >= 0.3 is 6.09 Å². The Morgan fingerprint density at radius 2 is 2.00 bits per heavy atom. The molecule has 0 spiro atoms. The standard InChI is InChI=1S/C12H20N2O4/c1-7-8-9(10(15)14(5)17-6)13-11(16)18-12(2,3)4/h1,9H,8H2,2-6H3,(H,13,16). The van der Waals surface area contributed by atoms with E-state index < -0.39 is 23.6 Å². The average Bonchev–Trinajstić information content (AvgIpc) is 2.23. The summed E-state index contributed by atoms with van der Waals surface area (Å²) in [5, 5.41) is 3.41. The van der Waals surface area contributed by atoms with E-state index in [-0.39, 0.29) is 6.42 Å². The van der Waals surface area contributed by atoms with Gasteiger partial charge < -0.3 is 10.1 Å². The van der Waals surface area contributed by atoms with E-state index in [1.807, 2.05) is 0 Å². The van der Waals surface area contributed by atoms with Crippen LogP contribution in [-0.2, 0) is 14.4 Å². The van der Waals surface area contributed by atoms with Crippen LogP contribution in [0.15, 0.2) is 0 Å². The number of carbonyl (C=O) groups excluding carboxylic acids is 2. The molecule has 0 aliphatic heterocycles. The first-order chi connectivity index (χ1) is 8.21. The molecule has 0 saturated carbocycles. The van der Waals surface area contributed by atoms with Crippen molar-refractivity contribution < 1.29 is 19.2 Å². The molecule has 0 aromatic rings. The number of hydrogen-bond acceptors (Lipinski definition) is 4. The Labute approximate surface area is 108 Å². The molecule has 0 aromatic heterocycles. The number of nitrogens with one attached hydrogen (secondary N) is 1. The van der Waals surface area contributed by atoms with E-state index in [2.05, 4.69) is 11.2 Å². The van der Waals surface area contributed by atoms with Crippen molar-refractivity contribution in [1.82, 2.24) is 10.4 Å². The number of hydrogen-bond donors (Lipinski definition) is 1. The Morgan fingerprint density at radius 3 is 2.39 bits per heavy atom. The molecule has 6 nitrogen and oxygen atoms in total. The Morgan fingerprint density at radius 1 is 1.44 bits per heavy atom. The molecule has 1 unspecified atom stereocenters. The number of nitrogens with zero attached hydrogens (tertiary/aromatic N) is 1. The molecule has 0 heterocycles. The number of ether oxygens (including phenoxy) is 1. The lowest BCUT2D eigenvalue weighted by molar-refractivity contribution is -0.170. The van der Waals surface area contributed by atoms with E-state index in [0.717, 1.165) is 5.06 Å². The van der Waals surface area contributed by atoms with Crippen molar-refractivity contribution in [2.45, 2.75) is 38.8 Å². The van der Waals surface area contributed by atoms with Crippen molar-refractivity contribution >= 4 is 12.0 Å². The minimum absolute atomic E-state index is 0.0613. The zero-order chi connectivity index (χ0) is 14.3. The highest BCUT2D eigenvalue weighted by Gasteiger charge is 2.26. The van der Waals surface area contributed by atoms with Crippen molar-refractivity contribution in [2.24, 2.45) is 0 Å². The molecule has 0 fully saturated rings. The number of carbonyl (C=O) groups is 2. The molecule has 0 bridgehead atoms. The largest absolute Gasteiger partial charge is 0.444 e. The Kier molecular flexibility index (Phi) is 6.20. The van der Waals surface area contributed by atoms with Crippen LogP contribution in [0.1, 0.15) is 27.2 Å². The summed E-state index contributed by atoms with van der Waals surface area (Å²) in [6, 6.07) is -0.866. The third-order valence-electron chi connectivity index (χ3n) is 1.90. The summed E-state index contributed by atoms with van der Waals surface area (Å²) in [6.07, 6.45) is 4.53. The van der Waals surface area contributed by atoms with Gasteiger partial charge in [-0.2, -0.15) is 0 Å². The number of amides is 2. The van der Waals surface area contributed by atoms with E-state index >= 15 is 0 Å². The van der Waals surface area contributed by atoms with Gasteiger partial charge in [0.05, 0.1) is 7.11 Å². The Bertz CT molecular complexity index is 341. The zero-order valence-corrected chi connectivity index (χ0v) is 11.4. The third-order valence-corrected chi connectivity index (χ3v) is 1.90. The van der Waals surface area contributed by atoms with Gasteiger partial charge in [0.1, 0.15) is 11.6 Å². The van der Waals surface area contributed by atoms with Crippen LogP contribution in [0.2, 0.25) is 0 Å². The molecule has 1 atom stereocenters. The second-order valence-corrected chi connectivity index (χ2v) is 4.63. The number of rotatable bonds is 4. The number of likely N-dealkylation sites (N-methyl/N-ethyl adjacent to an activating group) is 1. The van der Waals surface area contributed by atoms with Crippen molar-refractivity contribution in [3.8, 4) is 12.3 Å². The van der Waals surface area contributed by atoms with Crippen LogP contribution in [0.3, 0.4) is 0 Å². The molecule has 0 rings (SSSR count). The molecule has 102 valence electrons. The van der Waals surface area contributed by atoms with E-state index in [4.69, 9.17) is 16.0 Å². The zero-order valence-electron chi connectivity index (χ0n) is 11.4. The molecular weight excluding hydrogens is 236 g/mol. The SMILES string of the molecule is C#CCC(NC(=O)OC(C)(C)C)C(=O)N(C)OC. The fraction of sp³-hybridized carbons (Fsp3) is 0.667. The Balaban J connectivity index is 4.59. The van der Waals surface area contributed by atoms with Crippen LogP contribution >= 0.6 is 0 Å². The highest BCUT2D eigenvalue weighted by atomic mass is 16.7. The van der Waals surface area contributed by atoms with Gasteiger partial charge in [-0.1, -0.05) is 0 Å². The topological polar surface area (TPSA) is 67.9 Å². The lowest BCUT2D eigenvalue weighted by Gasteiger charge is -2.24. The summed E-state index contributed by atoms with van der Waals surface area (Å²) in [4.78, 5) is 28.1. The van der Waals surface area contributed by atoms with Crippen LogP contribution in [0.5, 0.6) is 0 Å². The molecule has 0 aromatic carbocycles. The maximum absolute atomic E-state index is 11.8. The fourth-order valence-corrected chi connectivity index (χ4v) is 1.08. The van der Waals surface area contributed by atoms with Gasteiger partial charge in [-0.25, -0.2) is 9.86 Å². The first-order valence-corrected chi connectivity index (χ1v) is 5.46. The smallest absolute Gasteiger partial charge is 0.408 e. The predicted octanol–water partition coefficient (Wildman–Crippen LogP) is 0.923. The maximum Gasteiger partial charge on any atom is 0.408 e. The highest BCUT2D eigenvalue weighted by Crippen LogP contribution is 2.07. The summed E-state index contributed by atoms with van der Waals surface area (Å²) >= 11 is 0. The summed E-state index contributed by atoms with van der Waals surface area (Å²) in [6.45, 7) is 5.18. The quantitative estimate of drug-likeness (QED) is 0.600. The van der Waals surface area contributed by atoms with E-state index in [0.29, 0.717) is 0 Å². The van der Waals surface area contributed by atoms with Gasteiger partial charge in [0.2, 0.25) is 0 Å². The van der Waals surface area contributed by atoms with Gasteiger partial charge in [0.15, 0.2) is 0 Å². The predicted molar refractivity (Wildman–Crippen MR) is 66.4 cm³/mol. The molecule has 0 aliphatic rings. The highest BCUT2D eigenvalue weighted by molar-refractivity contribution is 5.85. The molecule has 2 amide bonds. The lowest BCUT2D eigenvalue weighted by Crippen LogP contribution is -2.48. The van der Waals surface area contributed by atoms with Crippen LogP contribution in [0, 0.1) is 12.3 Å². The second-order valence-electron chi connectivity index (χ2n) is 4.63. The van der Waals surface area contributed by atoms with E-state index in [9.17, 15) is 9.59 Å². The number of alkyl carbamates (subject to hydrolysis) is 1. The molecule has 0 saturated heterocycles. The van der Waals surface area contributed by atoms with Crippen LogP contribution in [0.25, 0.3) is 0 Å². The molecular formula is C12H20N2O4. The fourth-order valence-electron chi connectivity index (χ4n) is 1.08. The van der Waals surface area contributed by atoms with Crippen molar-refractivity contribution in [2.75, 3.05) is 14.2 Å². The van der Waals surface area contributed by atoms with Crippen molar-refractivity contribution in [3.63, 3.8) is 0 Å². The molecule has 0 radical (unpaired) electrons. The third kappa shape index (κ3) is 6.11. The number of hydroxylamine groups is 2. The lowest BCUT2D eigenvalue weighted by atomic mass is 10.2. The van der Waals surface area contributed by atoms with Gasteiger partial charge in [0, 0.05) is 13.5 Å². The average molecular weight is 256 g/mol. The van der Waals surface area contributed by atoms with Gasteiger partial charge in [-0.3, -0.25) is 9.63 Å². The molecule has 1 N–H and O–H groups in total. The molecule has 0 aliphatic carbocycles. The van der Waals surface area contributed by atoms with E-state index in [1.54, 1.807) is 20.8 Å². The number of terminal acetylenes is 1. The summed E-state index contributed by atoms with van der Waals surface area (Å²) in [5.41, 5.74) is -0.638. The van der Waals surface area contributed by atoms with Crippen molar-refractivity contribution in [3.05, 3.63) is 0 Å². The second kappa shape index (κ2) is 6.87. The minimum Gasteiger partial charge on any atom is -0.444 e. The van der Waals surface area contributed by atoms with Crippen LogP contribution in [-0.4, -0.2) is 42.9 Å². The molecule has 6 heteroatoms. The Hall–Kier alpha value is -1.74. The van der Waals surface area contributed by atoms with Crippen molar-refractivity contribution in [1.29, 1.82) is 0 Å². The van der Waals surface area contributed by atoms with E-state index in [1.165, 1.54) is 14.2 Å². The van der Waals surface area contributed by atoms with Gasteiger partial charge in [0.25, 0.3) is 5.91 Å². The monoisotopic (exact) mass is 256 g/mol. The summed E-state index contributed by atoms with van der Waals surface area (Å²) in [5.74, 6) is 1.88. The molecule has 18 heavy (non-hydrogen) atoms. The van der Waals surface area contributed by atoms with Gasteiger partial charge in [-0.15, -0.1) is 12.3 Å². The normalized spacial score (nSPS) is 12.2.